The molecular weight excluding hydrogens is 226 g/mol. The summed E-state index contributed by atoms with van der Waals surface area (Å²) >= 11 is 0. The fraction of sp³-hybridized carbons (Fsp3) is 1.00. The summed E-state index contributed by atoms with van der Waals surface area (Å²) in [5.41, 5.74) is 0. The Morgan fingerprint density at radius 1 is 1.00 bits per heavy atom. The summed E-state index contributed by atoms with van der Waals surface area (Å²) in [5, 5.41) is 2.40. The fourth-order valence-electron chi connectivity index (χ4n) is 2.17. The Labute approximate surface area is 106 Å². The highest BCUT2D eigenvalue weighted by molar-refractivity contribution is 4.67. The van der Waals surface area contributed by atoms with Crippen LogP contribution >= 0.6 is 0 Å². The molecule has 0 bridgehead atoms. The molecule has 98 valence electrons. The van der Waals surface area contributed by atoms with Crippen LogP contribution < -0.4 is 17.7 Å². The van der Waals surface area contributed by atoms with Gasteiger partial charge in [0.15, 0.2) is 0 Å². The molecule has 0 aromatic heterocycles. The Balaban J connectivity index is 0.00000225. The molecule has 0 saturated carbocycles. The Morgan fingerprint density at radius 3 is 1.69 bits per heavy atom. The average Bonchev–Trinajstić information content (AvgIpc) is 2.42. The van der Waals surface area contributed by atoms with Crippen LogP contribution in [-0.4, -0.2) is 87.6 Å². The van der Waals surface area contributed by atoms with E-state index in [2.05, 4.69) is 67.2 Å². The summed E-state index contributed by atoms with van der Waals surface area (Å²) < 4.78 is 0. The molecular formula is C10H26ClN5. The smallest absolute Gasteiger partial charge is 0.203 e. The van der Waals surface area contributed by atoms with Crippen molar-refractivity contribution in [2.45, 2.75) is 12.6 Å². The molecule has 5 nitrogen and oxygen atoms in total. The van der Waals surface area contributed by atoms with Crippen molar-refractivity contribution in [2.75, 3.05) is 55.4 Å². The van der Waals surface area contributed by atoms with E-state index in [0.717, 1.165) is 13.1 Å². The normalized spacial score (nSPS) is 20.1. The molecule has 0 radical (unpaired) electrons. The van der Waals surface area contributed by atoms with Gasteiger partial charge in [0.2, 0.25) is 12.6 Å². The lowest BCUT2D eigenvalue weighted by atomic mass is 10.5. The summed E-state index contributed by atoms with van der Waals surface area (Å²) in [4.78, 5) is 9.25. The molecule has 0 aromatic rings. The number of likely N-dealkylation sites (N-methyl/N-ethyl adjacent to an activating group) is 2. The molecule has 0 aliphatic carbocycles. The first-order chi connectivity index (χ1) is 6.93. The highest BCUT2D eigenvalue weighted by Gasteiger charge is 2.33. The first-order valence-corrected chi connectivity index (χ1v) is 5.52. The van der Waals surface area contributed by atoms with Crippen molar-refractivity contribution in [3.63, 3.8) is 0 Å². The van der Waals surface area contributed by atoms with E-state index in [-0.39, 0.29) is 12.4 Å². The van der Waals surface area contributed by atoms with Gasteiger partial charge in [0.05, 0.1) is 0 Å². The van der Waals surface area contributed by atoms with E-state index >= 15 is 0 Å². The molecule has 1 aliphatic heterocycles. The van der Waals surface area contributed by atoms with Crippen LogP contribution in [0.4, 0.5) is 0 Å². The predicted octanol–water partition coefficient (Wildman–Crippen LogP) is -4.88. The van der Waals surface area contributed by atoms with Gasteiger partial charge in [-0.1, -0.05) is 0 Å². The molecule has 1 fully saturated rings. The minimum absolute atomic E-state index is 0. The van der Waals surface area contributed by atoms with Gasteiger partial charge in [-0.05, 0) is 42.3 Å². The van der Waals surface area contributed by atoms with E-state index in [1.165, 1.54) is 0 Å². The standard InChI is InChI=1S/C10H25N5.ClH/c1-12(2)9(13(3)4)11-10-14(5)7-8-15(10)6;/h9-11H,7-8H2,1-6H3;1H. The molecule has 0 aromatic carbocycles. The third kappa shape index (κ3) is 3.84. The summed E-state index contributed by atoms with van der Waals surface area (Å²) in [5.74, 6) is 0. The molecule has 16 heavy (non-hydrogen) atoms. The topological polar surface area (TPSA) is 29.6 Å². The molecule has 6 heteroatoms. The van der Waals surface area contributed by atoms with Crippen LogP contribution in [0.25, 0.3) is 0 Å². The Hall–Kier alpha value is 0.0900. The first kappa shape index (κ1) is 16.1. The summed E-state index contributed by atoms with van der Waals surface area (Å²) in [6.45, 7) is 2.32. The molecule has 2 N–H and O–H groups in total. The third-order valence-corrected chi connectivity index (χ3v) is 3.11. The van der Waals surface area contributed by atoms with Gasteiger partial charge in [0.1, 0.15) is 0 Å². The lowest BCUT2D eigenvalue weighted by molar-refractivity contribution is -0.782. The minimum atomic E-state index is 0. The van der Waals surface area contributed by atoms with E-state index < -0.39 is 0 Å². The maximum atomic E-state index is 2.40. The third-order valence-electron chi connectivity index (χ3n) is 3.11. The van der Waals surface area contributed by atoms with E-state index in [0.29, 0.717) is 12.6 Å². The molecule has 0 unspecified atom stereocenters. The highest BCUT2D eigenvalue weighted by atomic mass is 35.5. The summed E-state index contributed by atoms with van der Waals surface area (Å²) in [6, 6.07) is 0. The van der Waals surface area contributed by atoms with Gasteiger partial charge in [0.25, 0.3) is 0 Å². The van der Waals surface area contributed by atoms with Crippen LogP contribution in [0.15, 0.2) is 0 Å². The molecule has 0 atom stereocenters. The van der Waals surface area contributed by atoms with Crippen molar-refractivity contribution in [1.29, 1.82) is 0 Å². The van der Waals surface area contributed by atoms with Crippen LogP contribution in [0.5, 0.6) is 0 Å². The number of rotatable bonds is 4. The lowest BCUT2D eigenvalue weighted by Gasteiger charge is -2.33. The first-order valence-electron chi connectivity index (χ1n) is 5.52. The Morgan fingerprint density at radius 2 is 1.38 bits per heavy atom. The number of hydrogen-bond acceptors (Lipinski definition) is 4. The number of nitrogens with two attached hydrogens (primary N) is 1. The molecule has 1 rings (SSSR count). The average molecular weight is 252 g/mol. The minimum Gasteiger partial charge on any atom is -1.00 e. The van der Waals surface area contributed by atoms with Gasteiger partial charge in [-0.15, -0.1) is 0 Å². The second-order valence-corrected chi connectivity index (χ2v) is 4.91. The summed E-state index contributed by atoms with van der Waals surface area (Å²) in [6.07, 6.45) is 0.845. The second kappa shape index (κ2) is 6.74. The summed E-state index contributed by atoms with van der Waals surface area (Å²) in [7, 11) is 12.9. The quantitative estimate of drug-likeness (QED) is 0.508. The number of quaternary nitrogens is 1. The fourth-order valence-corrected chi connectivity index (χ4v) is 2.17. The molecule has 1 heterocycles. The van der Waals surface area contributed by atoms with Gasteiger partial charge >= 0.3 is 0 Å². The van der Waals surface area contributed by atoms with Crippen molar-refractivity contribution >= 4 is 0 Å². The van der Waals surface area contributed by atoms with Crippen molar-refractivity contribution < 1.29 is 17.7 Å². The maximum Gasteiger partial charge on any atom is 0.203 e. The van der Waals surface area contributed by atoms with E-state index in [4.69, 9.17) is 0 Å². The zero-order chi connectivity index (χ0) is 11.6. The van der Waals surface area contributed by atoms with Crippen LogP contribution in [0.2, 0.25) is 0 Å². The molecule has 0 amide bonds. The molecule has 1 aliphatic rings. The predicted molar refractivity (Wildman–Crippen MR) is 62.1 cm³/mol. The van der Waals surface area contributed by atoms with E-state index in [9.17, 15) is 0 Å². The molecule has 1 saturated heterocycles. The largest absolute Gasteiger partial charge is 1.00 e. The molecule has 0 spiro atoms. The van der Waals surface area contributed by atoms with Crippen molar-refractivity contribution in [3.8, 4) is 0 Å². The van der Waals surface area contributed by atoms with Crippen molar-refractivity contribution in [1.82, 2.24) is 19.6 Å². The van der Waals surface area contributed by atoms with E-state index in [1.54, 1.807) is 0 Å². The van der Waals surface area contributed by atoms with Gasteiger partial charge in [-0.25, -0.2) is 19.6 Å². The van der Waals surface area contributed by atoms with Crippen LogP contribution in [-0.2, 0) is 0 Å². The Bertz CT molecular complexity index is 182. The van der Waals surface area contributed by atoms with Gasteiger partial charge < -0.3 is 12.4 Å². The highest BCUT2D eigenvalue weighted by Crippen LogP contribution is 2.03. The van der Waals surface area contributed by atoms with E-state index in [1.807, 2.05) is 0 Å². The maximum absolute atomic E-state index is 2.40. The monoisotopic (exact) mass is 251 g/mol. The van der Waals surface area contributed by atoms with Crippen molar-refractivity contribution in [3.05, 3.63) is 0 Å². The lowest BCUT2D eigenvalue weighted by Crippen LogP contribution is -3.03. The SMILES string of the molecule is CN(C)C([NH2+]C1N(C)CCN1C)N(C)C.[Cl-]. The number of hydrogen-bond donors (Lipinski definition) is 1. The van der Waals surface area contributed by atoms with Crippen LogP contribution in [0.3, 0.4) is 0 Å². The van der Waals surface area contributed by atoms with Gasteiger partial charge in [-0.3, -0.25) is 5.32 Å². The number of nitrogens with zero attached hydrogens (tertiary/aromatic N) is 4. The number of halogens is 1. The zero-order valence-electron chi connectivity index (χ0n) is 11.3. The zero-order valence-corrected chi connectivity index (χ0v) is 12.1. The van der Waals surface area contributed by atoms with Crippen molar-refractivity contribution in [2.24, 2.45) is 0 Å². The van der Waals surface area contributed by atoms with Crippen LogP contribution in [0.1, 0.15) is 0 Å². The Kier molecular flexibility index (Phi) is 6.77. The van der Waals surface area contributed by atoms with Gasteiger partial charge in [0, 0.05) is 13.1 Å². The van der Waals surface area contributed by atoms with Gasteiger partial charge in [-0.2, -0.15) is 0 Å². The second-order valence-electron chi connectivity index (χ2n) is 4.91. The van der Waals surface area contributed by atoms with Crippen LogP contribution in [0, 0.1) is 0 Å².